The van der Waals surface area contributed by atoms with Crippen molar-refractivity contribution in [1.29, 1.82) is 0 Å². The molecule has 1 unspecified atom stereocenters. The maximum Gasteiger partial charge on any atom is 0.323 e. The Balaban J connectivity index is 2.71. The van der Waals surface area contributed by atoms with Gasteiger partial charge in [-0.15, -0.1) is 0 Å². The number of imidazole rings is 1. The van der Waals surface area contributed by atoms with E-state index in [1.165, 1.54) is 9.80 Å². The third kappa shape index (κ3) is 4.27. The van der Waals surface area contributed by atoms with Crippen molar-refractivity contribution in [1.82, 2.24) is 19.8 Å². The van der Waals surface area contributed by atoms with Crippen LogP contribution in [0, 0.1) is 0 Å². The minimum atomic E-state index is -1.01. The molecule has 1 atom stereocenters. The summed E-state index contributed by atoms with van der Waals surface area (Å²) in [5.41, 5.74) is 0. The summed E-state index contributed by atoms with van der Waals surface area (Å²) in [5, 5.41) is 8.88. The zero-order valence-corrected chi connectivity index (χ0v) is 11.5. The average molecular weight is 268 g/mol. The number of carboxylic acid groups (broad SMARTS) is 1. The van der Waals surface area contributed by atoms with Gasteiger partial charge in [0.2, 0.25) is 0 Å². The molecule has 7 heteroatoms. The van der Waals surface area contributed by atoms with E-state index in [2.05, 4.69) is 9.97 Å². The smallest absolute Gasteiger partial charge is 0.323 e. The standard InChI is InChI=1S/C12H20N4O3/c1-4-9(2)16(8-11(17)18)12(19)15(3)7-10-13-5-6-14-10/h5-6,9H,4,7-8H2,1-3H3,(H,13,14)(H,17,18). The fraction of sp³-hybridized carbons (Fsp3) is 0.583. The van der Waals surface area contributed by atoms with Gasteiger partial charge in [0.1, 0.15) is 12.4 Å². The van der Waals surface area contributed by atoms with Crippen molar-refractivity contribution in [2.75, 3.05) is 13.6 Å². The van der Waals surface area contributed by atoms with Crippen LogP contribution in [0.25, 0.3) is 0 Å². The number of aromatic nitrogens is 2. The average Bonchev–Trinajstić information content (AvgIpc) is 2.86. The van der Waals surface area contributed by atoms with E-state index in [9.17, 15) is 9.59 Å². The van der Waals surface area contributed by atoms with E-state index in [-0.39, 0.29) is 18.6 Å². The molecule has 1 rings (SSSR count). The molecule has 0 fully saturated rings. The molecular formula is C12H20N4O3. The first kappa shape index (κ1) is 15.0. The number of H-pyrrole nitrogens is 1. The molecule has 0 bridgehead atoms. The van der Waals surface area contributed by atoms with Crippen LogP contribution in [0.2, 0.25) is 0 Å². The van der Waals surface area contributed by atoms with Gasteiger partial charge in [-0.05, 0) is 13.3 Å². The minimum absolute atomic E-state index is 0.123. The van der Waals surface area contributed by atoms with Crippen LogP contribution in [0.5, 0.6) is 0 Å². The molecule has 2 amide bonds. The first-order chi connectivity index (χ1) is 8.95. The van der Waals surface area contributed by atoms with Crippen molar-refractivity contribution in [2.24, 2.45) is 0 Å². The zero-order valence-electron chi connectivity index (χ0n) is 11.5. The second-order valence-corrected chi connectivity index (χ2v) is 4.45. The third-order valence-electron chi connectivity index (χ3n) is 2.94. The highest BCUT2D eigenvalue weighted by Crippen LogP contribution is 2.08. The number of carbonyl (C=O) groups excluding carboxylic acids is 1. The molecule has 106 valence electrons. The van der Waals surface area contributed by atoms with Gasteiger partial charge in [-0.3, -0.25) is 4.79 Å². The second-order valence-electron chi connectivity index (χ2n) is 4.45. The van der Waals surface area contributed by atoms with Crippen LogP contribution < -0.4 is 0 Å². The Bertz CT molecular complexity index is 419. The van der Waals surface area contributed by atoms with Gasteiger partial charge in [-0.2, -0.15) is 0 Å². The van der Waals surface area contributed by atoms with E-state index < -0.39 is 5.97 Å². The van der Waals surface area contributed by atoms with Crippen LogP contribution >= 0.6 is 0 Å². The highest BCUT2D eigenvalue weighted by molar-refractivity contribution is 5.80. The van der Waals surface area contributed by atoms with E-state index in [1.807, 2.05) is 13.8 Å². The van der Waals surface area contributed by atoms with E-state index in [1.54, 1.807) is 19.4 Å². The molecule has 0 aromatic carbocycles. The maximum absolute atomic E-state index is 12.3. The number of amides is 2. The number of nitrogens with one attached hydrogen (secondary N) is 1. The van der Waals surface area contributed by atoms with Crippen molar-refractivity contribution in [3.8, 4) is 0 Å². The fourth-order valence-corrected chi connectivity index (χ4v) is 1.67. The Kier molecular flexibility index (Phi) is 5.35. The highest BCUT2D eigenvalue weighted by atomic mass is 16.4. The van der Waals surface area contributed by atoms with Gasteiger partial charge < -0.3 is 19.9 Å². The number of rotatable bonds is 6. The Morgan fingerprint density at radius 1 is 1.53 bits per heavy atom. The normalized spacial score (nSPS) is 11.9. The summed E-state index contributed by atoms with van der Waals surface area (Å²) < 4.78 is 0. The number of hydrogen-bond acceptors (Lipinski definition) is 3. The van der Waals surface area contributed by atoms with Crippen LogP contribution in [-0.2, 0) is 11.3 Å². The lowest BCUT2D eigenvalue weighted by Gasteiger charge is -2.31. The number of aliphatic carboxylic acids is 1. The molecule has 0 saturated heterocycles. The summed E-state index contributed by atoms with van der Waals surface area (Å²) in [5.74, 6) is -0.352. The molecule has 2 N–H and O–H groups in total. The number of hydrogen-bond donors (Lipinski definition) is 2. The molecule has 0 aliphatic rings. The van der Waals surface area contributed by atoms with Gasteiger partial charge in [0.05, 0.1) is 6.54 Å². The molecule has 0 aliphatic heterocycles. The molecule has 1 aromatic heterocycles. The summed E-state index contributed by atoms with van der Waals surface area (Å²) in [4.78, 5) is 32.8. The number of carbonyl (C=O) groups is 2. The van der Waals surface area contributed by atoms with Gasteiger partial charge in [-0.25, -0.2) is 9.78 Å². The second kappa shape index (κ2) is 6.77. The number of carboxylic acids is 1. The Morgan fingerprint density at radius 3 is 2.68 bits per heavy atom. The topological polar surface area (TPSA) is 89.5 Å². The number of aromatic amines is 1. The first-order valence-electron chi connectivity index (χ1n) is 6.17. The molecule has 0 saturated carbocycles. The lowest BCUT2D eigenvalue weighted by molar-refractivity contribution is -0.138. The molecular weight excluding hydrogens is 248 g/mol. The largest absolute Gasteiger partial charge is 0.480 e. The highest BCUT2D eigenvalue weighted by Gasteiger charge is 2.24. The summed E-state index contributed by atoms with van der Waals surface area (Å²) in [6.07, 6.45) is 3.99. The first-order valence-corrected chi connectivity index (χ1v) is 6.17. The Hall–Kier alpha value is -2.05. The van der Waals surface area contributed by atoms with Gasteiger partial charge in [0, 0.05) is 25.5 Å². The molecule has 1 heterocycles. The molecule has 0 radical (unpaired) electrons. The quantitative estimate of drug-likeness (QED) is 0.809. The Morgan fingerprint density at radius 2 is 2.21 bits per heavy atom. The molecule has 0 spiro atoms. The summed E-state index contributed by atoms with van der Waals surface area (Å²) >= 11 is 0. The fourth-order valence-electron chi connectivity index (χ4n) is 1.67. The minimum Gasteiger partial charge on any atom is -0.480 e. The summed E-state index contributed by atoms with van der Waals surface area (Å²) in [6.45, 7) is 3.77. The SMILES string of the molecule is CCC(C)N(CC(=O)O)C(=O)N(C)Cc1ncc[nH]1. The van der Waals surface area contributed by atoms with Crippen LogP contribution in [0.4, 0.5) is 4.79 Å². The van der Waals surface area contributed by atoms with E-state index >= 15 is 0 Å². The van der Waals surface area contributed by atoms with Crippen LogP contribution in [-0.4, -0.2) is 56.5 Å². The van der Waals surface area contributed by atoms with E-state index in [4.69, 9.17) is 5.11 Å². The monoisotopic (exact) mass is 268 g/mol. The number of urea groups is 1. The molecule has 1 aromatic rings. The van der Waals surface area contributed by atoms with Crippen LogP contribution in [0.3, 0.4) is 0 Å². The molecule has 19 heavy (non-hydrogen) atoms. The predicted molar refractivity (Wildman–Crippen MR) is 69.5 cm³/mol. The van der Waals surface area contributed by atoms with Crippen LogP contribution in [0.1, 0.15) is 26.1 Å². The van der Waals surface area contributed by atoms with Crippen LogP contribution in [0.15, 0.2) is 12.4 Å². The van der Waals surface area contributed by atoms with Crippen molar-refractivity contribution >= 4 is 12.0 Å². The summed E-state index contributed by atoms with van der Waals surface area (Å²) in [6, 6.07) is -0.434. The van der Waals surface area contributed by atoms with Crippen molar-refractivity contribution < 1.29 is 14.7 Å². The predicted octanol–water partition coefficient (Wildman–Crippen LogP) is 1.15. The van der Waals surface area contributed by atoms with E-state index in [0.29, 0.717) is 18.8 Å². The van der Waals surface area contributed by atoms with Gasteiger partial charge >= 0.3 is 12.0 Å². The van der Waals surface area contributed by atoms with Gasteiger partial charge in [0.15, 0.2) is 0 Å². The number of nitrogens with zero attached hydrogens (tertiary/aromatic N) is 3. The van der Waals surface area contributed by atoms with Crippen molar-refractivity contribution in [3.63, 3.8) is 0 Å². The lowest BCUT2D eigenvalue weighted by Crippen LogP contribution is -2.47. The summed E-state index contributed by atoms with van der Waals surface area (Å²) in [7, 11) is 1.63. The third-order valence-corrected chi connectivity index (χ3v) is 2.94. The van der Waals surface area contributed by atoms with Gasteiger partial charge in [0.25, 0.3) is 0 Å². The molecule has 0 aliphatic carbocycles. The Labute approximate surface area is 112 Å². The zero-order chi connectivity index (χ0) is 14.4. The molecule has 7 nitrogen and oxygen atoms in total. The lowest BCUT2D eigenvalue weighted by atomic mass is 10.2. The van der Waals surface area contributed by atoms with Crippen molar-refractivity contribution in [2.45, 2.75) is 32.9 Å². The van der Waals surface area contributed by atoms with E-state index in [0.717, 1.165) is 0 Å². The van der Waals surface area contributed by atoms with Gasteiger partial charge in [-0.1, -0.05) is 6.92 Å². The maximum atomic E-state index is 12.3. The van der Waals surface area contributed by atoms with Crippen molar-refractivity contribution in [3.05, 3.63) is 18.2 Å².